The Morgan fingerprint density at radius 2 is 1.93 bits per heavy atom. The molecule has 1 fully saturated rings. The first-order chi connectivity index (χ1) is 20.3. The Morgan fingerprint density at radius 3 is 2.64 bits per heavy atom. The second-order valence-electron chi connectivity index (χ2n) is 12.0. The quantitative estimate of drug-likeness (QED) is 0.147. The van der Waals surface area contributed by atoms with E-state index >= 15 is 0 Å². The van der Waals surface area contributed by atoms with Crippen molar-refractivity contribution in [1.29, 1.82) is 0 Å². The maximum absolute atomic E-state index is 13.0. The zero-order valence-electron chi connectivity index (χ0n) is 23.8. The highest BCUT2D eigenvalue weighted by molar-refractivity contribution is 9.10. The SMILES string of the molecule is C=CC(OC(=O)c1ccc(Br)cc1)[C@@H]1CC[C@H]1CN1C[C@@]2(CCCc3cc(Cl)ccc32)COc2ccc(C(C)=O)cc21. The molecule has 218 valence electrons. The predicted octanol–water partition coefficient (Wildman–Crippen LogP) is 8.22. The van der Waals surface area contributed by atoms with E-state index in [-0.39, 0.29) is 29.2 Å². The molecular weight excluding hydrogens is 614 g/mol. The summed E-state index contributed by atoms with van der Waals surface area (Å²) < 4.78 is 13.5. The molecule has 0 aromatic heterocycles. The number of hydrogen-bond donors (Lipinski definition) is 0. The molecule has 1 aliphatic heterocycles. The molecule has 0 amide bonds. The summed E-state index contributed by atoms with van der Waals surface area (Å²) in [6.07, 6.45) is 6.47. The summed E-state index contributed by atoms with van der Waals surface area (Å²) in [5.41, 5.74) is 4.55. The maximum Gasteiger partial charge on any atom is 0.338 e. The molecule has 0 N–H and O–H groups in total. The van der Waals surface area contributed by atoms with Crippen LogP contribution in [0.5, 0.6) is 5.75 Å². The minimum atomic E-state index is -0.377. The highest BCUT2D eigenvalue weighted by atomic mass is 79.9. The molecule has 42 heavy (non-hydrogen) atoms. The smallest absolute Gasteiger partial charge is 0.338 e. The van der Waals surface area contributed by atoms with Crippen molar-refractivity contribution in [3.8, 4) is 5.75 Å². The molecular formula is C35H35BrClNO4. The van der Waals surface area contributed by atoms with E-state index in [1.165, 1.54) is 11.1 Å². The van der Waals surface area contributed by atoms with Crippen LogP contribution in [0.3, 0.4) is 0 Å². The van der Waals surface area contributed by atoms with Gasteiger partial charge < -0.3 is 14.4 Å². The summed E-state index contributed by atoms with van der Waals surface area (Å²) >= 11 is 9.82. The number of rotatable bonds is 7. The van der Waals surface area contributed by atoms with Gasteiger partial charge in [0.2, 0.25) is 0 Å². The van der Waals surface area contributed by atoms with Gasteiger partial charge in [0.25, 0.3) is 0 Å². The van der Waals surface area contributed by atoms with Crippen LogP contribution in [-0.4, -0.2) is 37.6 Å². The number of carbonyl (C=O) groups excluding carboxylic acids is 2. The first-order valence-electron chi connectivity index (χ1n) is 14.7. The van der Waals surface area contributed by atoms with Crippen LogP contribution in [0.1, 0.15) is 64.4 Å². The largest absolute Gasteiger partial charge is 0.490 e. The Bertz CT molecular complexity index is 1520. The summed E-state index contributed by atoms with van der Waals surface area (Å²) in [5.74, 6) is 0.953. The summed E-state index contributed by atoms with van der Waals surface area (Å²) in [7, 11) is 0. The Morgan fingerprint density at radius 1 is 1.14 bits per heavy atom. The van der Waals surface area contributed by atoms with E-state index in [1.807, 2.05) is 36.4 Å². The number of carbonyl (C=O) groups is 2. The van der Waals surface area contributed by atoms with Gasteiger partial charge in [-0.05, 0) is 111 Å². The average molecular weight is 649 g/mol. The van der Waals surface area contributed by atoms with Crippen LogP contribution in [0, 0.1) is 11.8 Å². The van der Waals surface area contributed by atoms with Crippen molar-refractivity contribution in [3.05, 3.63) is 105 Å². The number of hydrogen-bond acceptors (Lipinski definition) is 5. The number of Topliss-reactive ketones (excluding diaryl/α,β-unsaturated/α-hetero) is 1. The summed E-state index contributed by atoms with van der Waals surface area (Å²) in [4.78, 5) is 27.8. The lowest BCUT2D eigenvalue weighted by Gasteiger charge is -2.45. The Hall–Kier alpha value is -3.09. The van der Waals surface area contributed by atoms with Gasteiger partial charge in [-0.15, -0.1) is 0 Å². The van der Waals surface area contributed by atoms with Gasteiger partial charge in [-0.2, -0.15) is 0 Å². The minimum absolute atomic E-state index is 0.0301. The van der Waals surface area contributed by atoms with Gasteiger partial charge in [-0.3, -0.25) is 4.79 Å². The standard InChI is InChI=1S/C35H35BrClNO4/c1-3-32(42-34(40)23-6-10-27(36)11-7-23)29-13-8-26(29)19-38-20-35(16-4-5-25-17-28(37)12-14-30(25)35)21-41-33-15-9-24(22(2)39)18-31(33)38/h3,6-7,9-12,14-15,17-18,26,29,32H,1,4-5,8,13,16,19-21H2,2H3/t26-,29+,32?,35-/m0/s1. The van der Waals surface area contributed by atoms with Crippen LogP contribution in [0.2, 0.25) is 5.02 Å². The fourth-order valence-electron chi connectivity index (χ4n) is 6.96. The molecule has 3 aromatic rings. The Labute approximate surface area is 261 Å². The first-order valence-corrected chi connectivity index (χ1v) is 15.8. The summed E-state index contributed by atoms with van der Waals surface area (Å²) in [5, 5.41) is 0.761. The number of ether oxygens (including phenoxy) is 2. The third-order valence-corrected chi connectivity index (χ3v) is 10.1. The van der Waals surface area contributed by atoms with Crippen molar-refractivity contribution in [2.45, 2.75) is 50.5 Å². The highest BCUT2D eigenvalue weighted by Crippen LogP contribution is 2.47. The zero-order chi connectivity index (χ0) is 29.4. The number of aryl methyl sites for hydroxylation is 1. The number of ketones is 1. The van der Waals surface area contributed by atoms with E-state index in [0.717, 1.165) is 66.1 Å². The van der Waals surface area contributed by atoms with E-state index < -0.39 is 0 Å². The Kier molecular flexibility index (Phi) is 8.21. The molecule has 1 saturated carbocycles. The van der Waals surface area contributed by atoms with Crippen LogP contribution < -0.4 is 9.64 Å². The molecule has 0 saturated heterocycles. The normalized spacial score (nSPS) is 23.5. The fraction of sp³-hybridized carbons (Fsp3) is 0.371. The lowest BCUT2D eigenvalue weighted by molar-refractivity contribution is -0.00184. The van der Waals surface area contributed by atoms with Gasteiger partial charge in [-0.25, -0.2) is 4.79 Å². The fourth-order valence-corrected chi connectivity index (χ4v) is 7.42. The molecule has 0 radical (unpaired) electrons. The number of fused-ring (bicyclic) bond motifs is 3. The van der Waals surface area contributed by atoms with Crippen molar-refractivity contribution in [1.82, 2.24) is 0 Å². The van der Waals surface area contributed by atoms with Crippen LogP contribution in [0.25, 0.3) is 0 Å². The van der Waals surface area contributed by atoms with Gasteiger partial charge in [0.15, 0.2) is 5.78 Å². The number of benzene rings is 3. The van der Waals surface area contributed by atoms with Crippen molar-refractivity contribution < 1.29 is 19.1 Å². The summed E-state index contributed by atoms with van der Waals surface area (Å²) in [6.45, 7) is 7.74. The molecule has 4 atom stereocenters. The van der Waals surface area contributed by atoms with E-state index in [9.17, 15) is 9.59 Å². The van der Waals surface area contributed by atoms with Crippen LogP contribution in [-0.2, 0) is 16.6 Å². The molecule has 5 nitrogen and oxygen atoms in total. The van der Waals surface area contributed by atoms with E-state index in [4.69, 9.17) is 21.1 Å². The van der Waals surface area contributed by atoms with Crippen LogP contribution >= 0.6 is 27.5 Å². The van der Waals surface area contributed by atoms with Crippen molar-refractivity contribution in [2.75, 3.05) is 24.6 Å². The molecule has 7 heteroatoms. The Balaban J connectivity index is 1.29. The molecule has 1 spiro atoms. The van der Waals surface area contributed by atoms with Gasteiger partial charge in [-0.1, -0.05) is 46.3 Å². The van der Waals surface area contributed by atoms with Crippen molar-refractivity contribution >= 4 is 45.0 Å². The predicted molar refractivity (Wildman–Crippen MR) is 170 cm³/mol. The van der Waals surface area contributed by atoms with Crippen molar-refractivity contribution in [2.24, 2.45) is 11.8 Å². The molecule has 2 aliphatic carbocycles. The van der Waals surface area contributed by atoms with E-state index in [2.05, 4.69) is 39.5 Å². The number of halogens is 2. The molecule has 6 rings (SSSR count). The van der Waals surface area contributed by atoms with Crippen molar-refractivity contribution in [3.63, 3.8) is 0 Å². The molecule has 1 heterocycles. The zero-order valence-corrected chi connectivity index (χ0v) is 26.1. The lowest BCUT2D eigenvalue weighted by Crippen LogP contribution is -2.49. The maximum atomic E-state index is 13.0. The highest BCUT2D eigenvalue weighted by Gasteiger charge is 2.44. The number of esters is 1. The molecule has 3 aromatic carbocycles. The topological polar surface area (TPSA) is 55.8 Å². The minimum Gasteiger partial charge on any atom is -0.490 e. The first kappa shape index (κ1) is 29.0. The van der Waals surface area contributed by atoms with Crippen LogP contribution in [0.4, 0.5) is 5.69 Å². The van der Waals surface area contributed by atoms with Gasteiger partial charge in [0.05, 0.1) is 17.9 Å². The second-order valence-corrected chi connectivity index (χ2v) is 13.3. The third-order valence-electron chi connectivity index (χ3n) is 9.35. The van der Waals surface area contributed by atoms with Gasteiger partial charge in [0.1, 0.15) is 11.9 Å². The summed E-state index contributed by atoms with van der Waals surface area (Å²) in [6, 6.07) is 19.2. The monoisotopic (exact) mass is 647 g/mol. The number of anilines is 1. The van der Waals surface area contributed by atoms with Gasteiger partial charge in [0, 0.05) is 39.5 Å². The average Bonchev–Trinajstić information content (AvgIpc) is 3.12. The molecule has 0 bridgehead atoms. The van der Waals surface area contributed by atoms with E-state index in [0.29, 0.717) is 23.7 Å². The molecule has 1 unspecified atom stereocenters. The number of nitrogens with zero attached hydrogens (tertiary/aromatic N) is 1. The second kappa shape index (κ2) is 11.9. The third kappa shape index (κ3) is 5.63. The lowest BCUT2D eigenvalue weighted by atomic mass is 9.68. The van der Waals surface area contributed by atoms with E-state index in [1.54, 1.807) is 25.1 Å². The van der Waals surface area contributed by atoms with Crippen LogP contribution in [0.15, 0.2) is 77.8 Å². The van der Waals surface area contributed by atoms with Gasteiger partial charge >= 0.3 is 5.97 Å². The molecule has 3 aliphatic rings.